The second-order valence-corrected chi connectivity index (χ2v) is 3.95. The molecule has 0 aromatic carbocycles. The van der Waals surface area contributed by atoms with Crippen LogP contribution in [0.1, 0.15) is 0 Å². The highest BCUT2D eigenvalue weighted by Crippen LogP contribution is 2.08. The zero-order valence-corrected chi connectivity index (χ0v) is 9.73. The van der Waals surface area contributed by atoms with Gasteiger partial charge < -0.3 is 14.4 Å². The molecule has 0 N–H and O–H groups in total. The van der Waals surface area contributed by atoms with E-state index in [0.717, 1.165) is 19.6 Å². The molecule has 1 unspecified atom stereocenters. The van der Waals surface area contributed by atoms with Crippen LogP contribution in [0.3, 0.4) is 0 Å². The molecule has 0 aromatic rings. The lowest BCUT2D eigenvalue weighted by molar-refractivity contribution is -0.153. The molecule has 0 saturated carbocycles. The number of methoxy groups -OCH3 is 1. The van der Waals surface area contributed by atoms with E-state index in [9.17, 15) is 4.79 Å². The molecular formula is C10H20N2O3. The van der Waals surface area contributed by atoms with E-state index in [2.05, 4.69) is 9.80 Å². The Hall–Kier alpha value is -0.650. The van der Waals surface area contributed by atoms with Gasteiger partial charge in [-0.3, -0.25) is 9.69 Å². The number of morpholine rings is 1. The van der Waals surface area contributed by atoms with Crippen molar-refractivity contribution in [3.05, 3.63) is 0 Å². The van der Waals surface area contributed by atoms with Crippen molar-refractivity contribution in [2.45, 2.75) is 6.04 Å². The van der Waals surface area contributed by atoms with Crippen molar-refractivity contribution in [1.29, 1.82) is 0 Å². The Morgan fingerprint density at radius 3 is 2.93 bits per heavy atom. The predicted octanol–water partition coefficient (Wildman–Crippen LogP) is -0.578. The first-order chi connectivity index (χ1) is 7.15. The second kappa shape index (κ2) is 6.05. The molecule has 0 radical (unpaired) electrons. The Balaban J connectivity index is 2.46. The molecule has 1 saturated heterocycles. The van der Waals surface area contributed by atoms with Gasteiger partial charge in [-0.2, -0.15) is 0 Å². The SMILES string of the molecule is COC(=O)C1COCCN1CCN(C)C. The van der Waals surface area contributed by atoms with Crippen LogP contribution in [0.15, 0.2) is 0 Å². The zero-order chi connectivity index (χ0) is 11.3. The number of hydrogen-bond donors (Lipinski definition) is 0. The lowest BCUT2D eigenvalue weighted by atomic mass is 10.2. The predicted molar refractivity (Wildman–Crippen MR) is 56.8 cm³/mol. The van der Waals surface area contributed by atoms with Crippen molar-refractivity contribution in [1.82, 2.24) is 9.80 Å². The molecule has 5 heteroatoms. The summed E-state index contributed by atoms with van der Waals surface area (Å²) >= 11 is 0. The van der Waals surface area contributed by atoms with Crippen LogP contribution < -0.4 is 0 Å². The molecule has 0 spiro atoms. The van der Waals surface area contributed by atoms with Crippen LogP contribution in [-0.2, 0) is 14.3 Å². The summed E-state index contributed by atoms with van der Waals surface area (Å²) in [5.41, 5.74) is 0. The monoisotopic (exact) mass is 216 g/mol. The Kier molecular flexibility index (Phi) is 5.01. The number of esters is 1. The molecule has 0 bridgehead atoms. The van der Waals surface area contributed by atoms with E-state index in [-0.39, 0.29) is 12.0 Å². The second-order valence-electron chi connectivity index (χ2n) is 3.95. The first-order valence-corrected chi connectivity index (χ1v) is 5.19. The highest BCUT2D eigenvalue weighted by molar-refractivity contribution is 5.75. The maximum Gasteiger partial charge on any atom is 0.325 e. The average Bonchev–Trinajstić information content (AvgIpc) is 2.25. The van der Waals surface area contributed by atoms with Gasteiger partial charge in [-0.15, -0.1) is 0 Å². The van der Waals surface area contributed by atoms with Crippen LogP contribution in [0.5, 0.6) is 0 Å². The van der Waals surface area contributed by atoms with Gasteiger partial charge in [0.05, 0.1) is 20.3 Å². The largest absolute Gasteiger partial charge is 0.468 e. The molecule has 1 rings (SSSR count). The summed E-state index contributed by atoms with van der Waals surface area (Å²) in [6, 6.07) is -0.233. The van der Waals surface area contributed by atoms with Crippen molar-refractivity contribution in [2.75, 3.05) is 54.1 Å². The van der Waals surface area contributed by atoms with E-state index >= 15 is 0 Å². The van der Waals surface area contributed by atoms with E-state index in [1.807, 2.05) is 14.1 Å². The molecule has 88 valence electrons. The molecular weight excluding hydrogens is 196 g/mol. The minimum Gasteiger partial charge on any atom is -0.468 e. The number of hydrogen-bond acceptors (Lipinski definition) is 5. The van der Waals surface area contributed by atoms with Gasteiger partial charge in [-0.25, -0.2) is 0 Å². The van der Waals surface area contributed by atoms with Gasteiger partial charge in [0.1, 0.15) is 6.04 Å². The van der Waals surface area contributed by atoms with Gasteiger partial charge in [-0.05, 0) is 14.1 Å². The summed E-state index contributed by atoms with van der Waals surface area (Å²) in [6.07, 6.45) is 0. The molecule has 0 aromatic heterocycles. The summed E-state index contributed by atoms with van der Waals surface area (Å²) in [5, 5.41) is 0. The molecule has 0 amide bonds. The van der Waals surface area contributed by atoms with Crippen molar-refractivity contribution < 1.29 is 14.3 Å². The first kappa shape index (κ1) is 12.4. The minimum atomic E-state index is -0.233. The van der Waals surface area contributed by atoms with E-state index in [0.29, 0.717) is 13.2 Å². The van der Waals surface area contributed by atoms with Gasteiger partial charge in [0.2, 0.25) is 0 Å². The van der Waals surface area contributed by atoms with Crippen LogP contribution >= 0.6 is 0 Å². The number of ether oxygens (including phenoxy) is 2. The fourth-order valence-corrected chi connectivity index (χ4v) is 1.59. The van der Waals surface area contributed by atoms with Crippen LogP contribution in [0.2, 0.25) is 0 Å². The average molecular weight is 216 g/mol. The fourth-order valence-electron chi connectivity index (χ4n) is 1.59. The molecule has 1 aliphatic heterocycles. The summed E-state index contributed by atoms with van der Waals surface area (Å²) in [4.78, 5) is 15.7. The molecule has 5 nitrogen and oxygen atoms in total. The van der Waals surface area contributed by atoms with Gasteiger partial charge in [-0.1, -0.05) is 0 Å². The Morgan fingerprint density at radius 2 is 2.33 bits per heavy atom. The number of likely N-dealkylation sites (N-methyl/N-ethyl adjacent to an activating group) is 1. The van der Waals surface area contributed by atoms with Crippen molar-refractivity contribution in [3.8, 4) is 0 Å². The molecule has 1 atom stereocenters. The summed E-state index contributed by atoms with van der Waals surface area (Å²) < 4.78 is 10.0. The lowest BCUT2D eigenvalue weighted by Crippen LogP contribution is -2.52. The molecule has 15 heavy (non-hydrogen) atoms. The van der Waals surface area contributed by atoms with Crippen molar-refractivity contribution >= 4 is 5.97 Å². The highest BCUT2D eigenvalue weighted by atomic mass is 16.5. The van der Waals surface area contributed by atoms with E-state index in [1.54, 1.807) is 0 Å². The maximum atomic E-state index is 11.5. The number of carbonyl (C=O) groups excluding carboxylic acids is 1. The summed E-state index contributed by atoms with van der Waals surface area (Å²) in [5.74, 6) is -0.201. The molecule has 1 heterocycles. The normalized spacial score (nSPS) is 23.1. The standard InChI is InChI=1S/C10H20N2O3/c1-11(2)4-5-12-6-7-15-8-9(12)10(13)14-3/h9H,4-8H2,1-3H3. The quantitative estimate of drug-likeness (QED) is 0.588. The lowest BCUT2D eigenvalue weighted by Gasteiger charge is -2.34. The third-order valence-corrected chi connectivity index (χ3v) is 2.55. The fraction of sp³-hybridized carbons (Fsp3) is 0.900. The van der Waals surface area contributed by atoms with Crippen LogP contribution in [0.4, 0.5) is 0 Å². The number of rotatable bonds is 4. The van der Waals surface area contributed by atoms with Crippen molar-refractivity contribution in [2.24, 2.45) is 0 Å². The topological polar surface area (TPSA) is 42.0 Å². The van der Waals surface area contributed by atoms with Crippen LogP contribution in [0.25, 0.3) is 0 Å². The number of nitrogens with zero attached hydrogens (tertiary/aromatic N) is 2. The molecule has 0 aliphatic carbocycles. The molecule has 1 fully saturated rings. The third-order valence-electron chi connectivity index (χ3n) is 2.55. The Morgan fingerprint density at radius 1 is 1.60 bits per heavy atom. The van der Waals surface area contributed by atoms with E-state index in [1.165, 1.54) is 7.11 Å². The molecule has 1 aliphatic rings. The minimum absolute atomic E-state index is 0.201. The summed E-state index contributed by atoms with van der Waals surface area (Å²) in [6.45, 7) is 3.75. The van der Waals surface area contributed by atoms with Crippen LogP contribution in [0, 0.1) is 0 Å². The van der Waals surface area contributed by atoms with Gasteiger partial charge in [0.15, 0.2) is 0 Å². The zero-order valence-electron chi connectivity index (χ0n) is 9.73. The van der Waals surface area contributed by atoms with Gasteiger partial charge in [0, 0.05) is 19.6 Å². The highest BCUT2D eigenvalue weighted by Gasteiger charge is 2.29. The Labute approximate surface area is 90.9 Å². The van der Waals surface area contributed by atoms with E-state index in [4.69, 9.17) is 9.47 Å². The summed E-state index contributed by atoms with van der Waals surface area (Å²) in [7, 11) is 5.46. The third kappa shape index (κ3) is 3.77. The smallest absolute Gasteiger partial charge is 0.325 e. The first-order valence-electron chi connectivity index (χ1n) is 5.19. The van der Waals surface area contributed by atoms with Crippen molar-refractivity contribution in [3.63, 3.8) is 0 Å². The van der Waals surface area contributed by atoms with E-state index < -0.39 is 0 Å². The van der Waals surface area contributed by atoms with Gasteiger partial charge >= 0.3 is 5.97 Å². The van der Waals surface area contributed by atoms with Gasteiger partial charge in [0.25, 0.3) is 0 Å². The number of carbonyl (C=O) groups is 1. The maximum absolute atomic E-state index is 11.5. The Bertz CT molecular complexity index is 209. The van der Waals surface area contributed by atoms with Crippen LogP contribution in [-0.4, -0.2) is 75.9 Å².